The van der Waals surface area contributed by atoms with Crippen molar-refractivity contribution < 1.29 is 4.79 Å². The molecule has 1 amide bonds. The molecule has 6 heteroatoms. The van der Waals surface area contributed by atoms with E-state index in [-0.39, 0.29) is 16.7 Å². The summed E-state index contributed by atoms with van der Waals surface area (Å²) in [6.45, 7) is 3.93. The van der Waals surface area contributed by atoms with Crippen molar-refractivity contribution in [2.75, 3.05) is 0 Å². The first-order valence-corrected chi connectivity index (χ1v) is 6.79. The van der Waals surface area contributed by atoms with E-state index in [4.69, 9.17) is 23.2 Å². The zero-order valence-electron chi connectivity index (χ0n) is 10.9. The monoisotopic (exact) mass is 307 g/mol. The predicted molar refractivity (Wildman–Crippen MR) is 78.0 cm³/mol. The van der Waals surface area contributed by atoms with Crippen LogP contribution < -0.4 is 5.32 Å². The number of halogens is 2. The van der Waals surface area contributed by atoms with E-state index >= 15 is 0 Å². The van der Waals surface area contributed by atoms with Crippen LogP contribution in [0.2, 0.25) is 10.3 Å². The van der Waals surface area contributed by atoms with Crippen LogP contribution in [-0.2, 0) is 5.54 Å². The molecule has 1 aliphatic rings. The first-order valence-electron chi connectivity index (χ1n) is 6.04. The Kier molecular flexibility index (Phi) is 2.96. The number of nitrogens with one attached hydrogen (secondary N) is 1. The highest BCUT2D eigenvalue weighted by Gasteiger charge is 2.35. The number of rotatable bonds is 1. The molecule has 0 bridgehead atoms. The number of carbonyl (C=O) groups excluding carboxylic acids is 1. The van der Waals surface area contributed by atoms with Gasteiger partial charge in [0.15, 0.2) is 0 Å². The van der Waals surface area contributed by atoms with Crippen LogP contribution in [0.5, 0.6) is 0 Å². The molecule has 0 unspecified atom stereocenters. The average molecular weight is 308 g/mol. The molecule has 2 heterocycles. The van der Waals surface area contributed by atoms with E-state index in [1.165, 1.54) is 6.20 Å². The lowest BCUT2D eigenvalue weighted by Gasteiger charge is -2.18. The second kappa shape index (κ2) is 4.43. The Morgan fingerprint density at radius 3 is 2.75 bits per heavy atom. The van der Waals surface area contributed by atoms with Crippen molar-refractivity contribution in [3.05, 3.63) is 45.8 Å². The number of nitrogens with zero attached hydrogens (tertiary/aromatic N) is 2. The third kappa shape index (κ3) is 2.05. The molecule has 3 rings (SSSR count). The normalized spacial score (nSPS) is 15.9. The van der Waals surface area contributed by atoms with Gasteiger partial charge in [-0.05, 0) is 37.1 Å². The zero-order chi connectivity index (χ0) is 14.5. The minimum Gasteiger partial charge on any atom is -0.343 e. The van der Waals surface area contributed by atoms with Crippen LogP contribution in [0.25, 0.3) is 11.3 Å². The summed E-state index contributed by atoms with van der Waals surface area (Å²) in [4.78, 5) is 20.0. The Hall–Kier alpha value is -1.65. The minimum atomic E-state index is -0.363. The molecule has 0 saturated heterocycles. The van der Waals surface area contributed by atoms with Gasteiger partial charge in [0.25, 0.3) is 5.91 Å². The van der Waals surface area contributed by atoms with Crippen molar-refractivity contribution in [3.8, 4) is 11.3 Å². The van der Waals surface area contributed by atoms with Gasteiger partial charge >= 0.3 is 0 Å². The quantitative estimate of drug-likeness (QED) is 0.821. The molecule has 0 radical (unpaired) electrons. The number of hydrogen-bond acceptors (Lipinski definition) is 3. The Balaban J connectivity index is 2.17. The molecule has 0 spiro atoms. The summed E-state index contributed by atoms with van der Waals surface area (Å²) >= 11 is 11.9. The van der Waals surface area contributed by atoms with Crippen LogP contribution in [0.1, 0.15) is 29.8 Å². The Morgan fingerprint density at radius 1 is 1.25 bits per heavy atom. The molecule has 0 aliphatic carbocycles. The topological polar surface area (TPSA) is 54.9 Å². The number of hydrogen-bond donors (Lipinski definition) is 1. The summed E-state index contributed by atoms with van der Waals surface area (Å²) in [5, 5.41) is 3.45. The summed E-state index contributed by atoms with van der Waals surface area (Å²) < 4.78 is 0. The van der Waals surface area contributed by atoms with E-state index in [1.807, 2.05) is 26.0 Å². The van der Waals surface area contributed by atoms with E-state index in [1.54, 1.807) is 6.07 Å². The Morgan fingerprint density at radius 2 is 2.00 bits per heavy atom. The summed E-state index contributed by atoms with van der Waals surface area (Å²) in [5.41, 5.74) is 2.50. The van der Waals surface area contributed by atoms with Gasteiger partial charge < -0.3 is 5.32 Å². The Bertz CT molecular complexity index is 728. The van der Waals surface area contributed by atoms with Gasteiger partial charge in [0, 0.05) is 11.1 Å². The lowest BCUT2D eigenvalue weighted by molar-refractivity contribution is 0.0940. The predicted octanol–water partition coefficient (Wildman–Crippen LogP) is 3.43. The molecule has 102 valence electrons. The second-order valence-corrected chi connectivity index (χ2v) is 5.92. The molecule has 4 nitrogen and oxygen atoms in total. The van der Waals surface area contributed by atoms with Gasteiger partial charge in [-0.25, -0.2) is 9.97 Å². The SMILES string of the molecule is CC1(C)NC(=O)c2cc(-c3nc(Cl)ncc3Cl)ccc21. The molecule has 0 saturated carbocycles. The van der Waals surface area contributed by atoms with Crippen molar-refractivity contribution >= 4 is 29.1 Å². The van der Waals surface area contributed by atoms with Crippen LogP contribution in [0.15, 0.2) is 24.4 Å². The molecule has 0 atom stereocenters. The van der Waals surface area contributed by atoms with Gasteiger partial charge in [0.1, 0.15) is 0 Å². The zero-order valence-corrected chi connectivity index (χ0v) is 12.4. The third-order valence-electron chi connectivity index (χ3n) is 3.35. The first-order chi connectivity index (χ1) is 9.38. The highest BCUT2D eigenvalue weighted by Crippen LogP contribution is 2.34. The molecular formula is C14H11Cl2N3O. The fraction of sp³-hybridized carbons (Fsp3) is 0.214. The number of carbonyl (C=O) groups is 1. The molecule has 1 aromatic carbocycles. The number of fused-ring (bicyclic) bond motifs is 1. The number of benzene rings is 1. The maximum atomic E-state index is 12.0. The molecular weight excluding hydrogens is 297 g/mol. The lowest BCUT2D eigenvalue weighted by Crippen LogP contribution is -2.32. The van der Waals surface area contributed by atoms with Crippen molar-refractivity contribution in [1.29, 1.82) is 0 Å². The summed E-state index contributed by atoms with van der Waals surface area (Å²) in [5.74, 6) is -0.0943. The third-order valence-corrected chi connectivity index (χ3v) is 3.81. The molecule has 20 heavy (non-hydrogen) atoms. The molecule has 0 fully saturated rings. The highest BCUT2D eigenvalue weighted by molar-refractivity contribution is 6.33. The molecule has 1 aliphatic heterocycles. The van der Waals surface area contributed by atoms with Crippen LogP contribution in [0, 0.1) is 0 Å². The van der Waals surface area contributed by atoms with Gasteiger partial charge in [-0.15, -0.1) is 0 Å². The maximum absolute atomic E-state index is 12.0. The smallest absolute Gasteiger partial charge is 0.252 e. The Labute approximate surface area is 126 Å². The fourth-order valence-corrected chi connectivity index (χ4v) is 2.72. The number of aromatic nitrogens is 2. The summed E-state index contributed by atoms with van der Waals surface area (Å²) in [6.07, 6.45) is 1.45. The van der Waals surface area contributed by atoms with Crippen LogP contribution >= 0.6 is 23.2 Å². The van der Waals surface area contributed by atoms with E-state index in [0.717, 1.165) is 11.1 Å². The van der Waals surface area contributed by atoms with E-state index in [2.05, 4.69) is 15.3 Å². The molecule has 2 aromatic rings. The average Bonchev–Trinajstić information content (AvgIpc) is 2.62. The molecule has 1 aromatic heterocycles. The largest absolute Gasteiger partial charge is 0.343 e. The van der Waals surface area contributed by atoms with E-state index in [0.29, 0.717) is 16.3 Å². The minimum absolute atomic E-state index is 0.0943. The highest BCUT2D eigenvalue weighted by atomic mass is 35.5. The standard InChI is InChI=1S/C14H11Cl2N3O/c1-14(2)9-4-3-7(5-8(9)12(20)19-14)11-10(15)6-17-13(16)18-11/h3-6H,1-2H3,(H,19,20). The van der Waals surface area contributed by atoms with E-state index in [9.17, 15) is 4.79 Å². The summed E-state index contributed by atoms with van der Waals surface area (Å²) in [7, 11) is 0. The van der Waals surface area contributed by atoms with E-state index < -0.39 is 0 Å². The van der Waals surface area contributed by atoms with Gasteiger partial charge in [-0.3, -0.25) is 4.79 Å². The van der Waals surface area contributed by atoms with Gasteiger partial charge in [0.2, 0.25) is 5.28 Å². The summed E-state index contributed by atoms with van der Waals surface area (Å²) in [6, 6.07) is 5.57. The van der Waals surface area contributed by atoms with Crippen LogP contribution in [0.3, 0.4) is 0 Å². The fourth-order valence-electron chi connectivity index (χ4n) is 2.39. The van der Waals surface area contributed by atoms with Crippen molar-refractivity contribution in [1.82, 2.24) is 15.3 Å². The van der Waals surface area contributed by atoms with Crippen molar-refractivity contribution in [2.45, 2.75) is 19.4 Å². The van der Waals surface area contributed by atoms with Crippen molar-refractivity contribution in [3.63, 3.8) is 0 Å². The number of amides is 1. The van der Waals surface area contributed by atoms with Crippen LogP contribution in [0.4, 0.5) is 0 Å². The first kappa shape index (κ1) is 13.3. The lowest BCUT2D eigenvalue weighted by atomic mass is 9.93. The van der Waals surface area contributed by atoms with Gasteiger partial charge in [0.05, 0.1) is 22.5 Å². The van der Waals surface area contributed by atoms with Gasteiger partial charge in [-0.2, -0.15) is 0 Å². The molecule has 1 N–H and O–H groups in total. The second-order valence-electron chi connectivity index (χ2n) is 5.18. The maximum Gasteiger partial charge on any atom is 0.252 e. The van der Waals surface area contributed by atoms with Crippen molar-refractivity contribution in [2.24, 2.45) is 0 Å². The van der Waals surface area contributed by atoms with Gasteiger partial charge in [-0.1, -0.05) is 23.7 Å². The van der Waals surface area contributed by atoms with Crippen LogP contribution in [-0.4, -0.2) is 15.9 Å².